The van der Waals surface area contributed by atoms with Crippen molar-refractivity contribution in [2.45, 2.75) is 66.2 Å². The van der Waals surface area contributed by atoms with Gasteiger partial charge >= 0.3 is 6.09 Å². The summed E-state index contributed by atoms with van der Waals surface area (Å²) in [5.74, 6) is -0.753. The third kappa shape index (κ3) is 7.07. The maximum absolute atomic E-state index is 13.4. The summed E-state index contributed by atoms with van der Waals surface area (Å²) in [4.78, 5) is 40.1. The Bertz CT molecular complexity index is 1030. The number of alkyl carbamates (subject to hydrolysis) is 1. The number of nitrogens with one attached hydrogen (secondary N) is 2. The molecule has 0 aromatic heterocycles. The molecule has 178 valence electrons. The van der Waals surface area contributed by atoms with Crippen LogP contribution in [-0.2, 0) is 14.3 Å². The van der Waals surface area contributed by atoms with E-state index in [4.69, 9.17) is 4.74 Å². The van der Waals surface area contributed by atoms with Gasteiger partial charge in [-0.05, 0) is 76.8 Å². The number of hydrogen-bond donors (Lipinski definition) is 2. The molecule has 0 fully saturated rings. The molecule has 2 aromatic carbocycles. The molecule has 0 saturated carbocycles. The van der Waals surface area contributed by atoms with E-state index in [1.807, 2.05) is 63.2 Å². The number of aryl methyl sites for hydroxylation is 3. The molecule has 7 nitrogen and oxygen atoms in total. The largest absolute Gasteiger partial charge is 0.444 e. The van der Waals surface area contributed by atoms with Crippen molar-refractivity contribution in [2.75, 3.05) is 12.4 Å². The van der Waals surface area contributed by atoms with Gasteiger partial charge in [0.1, 0.15) is 17.7 Å². The summed E-state index contributed by atoms with van der Waals surface area (Å²) in [7, 11) is 1.56. The van der Waals surface area contributed by atoms with Gasteiger partial charge in [0, 0.05) is 12.7 Å². The van der Waals surface area contributed by atoms with Crippen LogP contribution in [0.15, 0.2) is 42.5 Å². The fourth-order valence-electron chi connectivity index (χ4n) is 3.38. The highest BCUT2D eigenvalue weighted by molar-refractivity contribution is 5.99. The molecule has 0 radical (unpaired) electrons. The van der Waals surface area contributed by atoms with Crippen molar-refractivity contribution in [3.8, 4) is 0 Å². The minimum atomic E-state index is -0.890. The van der Waals surface area contributed by atoms with Crippen LogP contribution in [0.5, 0.6) is 0 Å². The number of hydrogen-bond acceptors (Lipinski definition) is 4. The Balaban J connectivity index is 2.32. The molecule has 3 amide bonds. The first-order valence-corrected chi connectivity index (χ1v) is 11.0. The number of ether oxygens (including phenoxy) is 1. The number of benzene rings is 2. The van der Waals surface area contributed by atoms with Crippen LogP contribution in [0.4, 0.5) is 10.5 Å². The molecule has 0 aliphatic heterocycles. The molecule has 2 N–H and O–H groups in total. The number of amides is 3. The predicted molar refractivity (Wildman–Crippen MR) is 130 cm³/mol. The lowest BCUT2D eigenvalue weighted by atomic mass is 9.98. The predicted octanol–water partition coefficient (Wildman–Crippen LogP) is 4.66. The summed E-state index contributed by atoms with van der Waals surface area (Å²) in [6, 6.07) is 11.4. The van der Waals surface area contributed by atoms with Crippen molar-refractivity contribution in [1.82, 2.24) is 10.2 Å². The fourth-order valence-corrected chi connectivity index (χ4v) is 3.38. The Morgan fingerprint density at radius 2 is 1.58 bits per heavy atom. The van der Waals surface area contributed by atoms with Crippen LogP contribution in [0.25, 0.3) is 0 Å². The third-order valence-corrected chi connectivity index (χ3v) is 5.34. The first-order chi connectivity index (χ1) is 15.3. The molecule has 33 heavy (non-hydrogen) atoms. The lowest BCUT2D eigenvalue weighted by molar-refractivity contribution is -0.138. The Morgan fingerprint density at radius 1 is 0.939 bits per heavy atom. The highest BCUT2D eigenvalue weighted by Crippen LogP contribution is 2.25. The van der Waals surface area contributed by atoms with E-state index in [-0.39, 0.29) is 5.91 Å². The first kappa shape index (κ1) is 25.9. The summed E-state index contributed by atoms with van der Waals surface area (Å²) >= 11 is 0. The van der Waals surface area contributed by atoms with Crippen molar-refractivity contribution in [1.29, 1.82) is 0 Å². The highest BCUT2D eigenvalue weighted by Gasteiger charge is 2.32. The van der Waals surface area contributed by atoms with E-state index in [9.17, 15) is 14.4 Å². The smallest absolute Gasteiger partial charge is 0.408 e. The van der Waals surface area contributed by atoms with Gasteiger partial charge in [0.2, 0.25) is 5.91 Å². The first-order valence-electron chi connectivity index (χ1n) is 11.0. The molecule has 0 bridgehead atoms. The van der Waals surface area contributed by atoms with E-state index in [0.29, 0.717) is 11.3 Å². The van der Waals surface area contributed by atoms with Crippen molar-refractivity contribution >= 4 is 23.6 Å². The van der Waals surface area contributed by atoms with Gasteiger partial charge in [0.05, 0.1) is 0 Å². The van der Waals surface area contributed by atoms with Crippen molar-refractivity contribution in [3.05, 3.63) is 64.7 Å². The van der Waals surface area contributed by atoms with Gasteiger partial charge in [0.15, 0.2) is 0 Å². The van der Waals surface area contributed by atoms with E-state index < -0.39 is 29.7 Å². The van der Waals surface area contributed by atoms with Gasteiger partial charge < -0.3 is 20.3 Å². The Kier molecular flexibility index (Phi) is 8.25. The Labute approximate surface area is 196 Å². The van der Waals surface area contributed by atoms with Crippen LogP contribution >= 0.6 is 0 Å². The molecule has 0 heterocycles. The van der Waals surface area contributed by atoms with E-state index in [1.165, 1.54) is 4.90 Å². The molecule has 0 spiro atoms. The minimum Gasteiger partial charge on any atom is -0.444 e. The fraction of sp³-hybridized carbons (Fsp3) is 0.423. The summed E-state index contributed by atoms with van der Waals surface area (Å²) in [6.07, 6.45) is -0.691. The van der Waals surface area contributed by atoms with Crippen LogP contribution in [0.3, 0.4) is 0 Å². The average Bonchev–Trinajstić information content (AvgIpc) is 2.70. The normalized spacial score (nSPS) is 13.0. The number of anilines is 1. The minimum absolute atomic E-state index is 0.340. The number of para-hydroxylation sites is 1. The van der Waals surface area contributed by atoms with Crippen LogP contribution in [0, 0.1) is 20.8 Å². The number of nitrogens with zero attached hydrogens (tertiary/aromatic N) is 1. The van der Waals surface area contributed by atoms with E-state index in [0.717, 1.165) is 16.7 Å². The van der Waals surface area contributed by atoms with Crippen molar-refractivity contribution in [2.24, 2.45) is 0 Å². The van der Waals surface area contributed by atoms with Gasteiger partial charge in [0.25, 0.3) is 5.91 Å². The Morgan fingerprint density at radius 3 is 2.15 bits per heavy atom. The summed E-state index contributed by atoms with van der Waals surface area (Å²) < 4.78 is 5.25. The number of carbonyl (C=O) groups is 3. The molecule has 0 aliphatic carbocycles. The molecule has 0 aliphatic rings. The lowest BCUT2D eigenvalue weighted by Crippen LogP contribution is -2.49. The molecule has 2 unspecified atom stereocenters. The van der Waals surface area contributed by atoms with Gasteiger partial charge in [-0.25, -0.2) is 4.79 Å². The number of carbonyl (C=O) groups excluding carboxylic acids is 3. The summed E-state index contributed by atoms with van der Waals surface area (Å²) in [5, 5.41) is 5.50. The van der Waals surface area contributed by atoms with Crippen molar-refractivity contribution < 1.29 is 19.1 Å². The summed E-state index contributed by atoms with van der Waals surface area (Å²) in [5.41, 5.74) is 3.70. The van der Waals surface area contributed by atoms with E-state index in [2.05, 4.69) is 10.6 Å². The standard InChI is InChI=1S/C26H35N3O4/c1-16-13-14-20(15-18(16)3)22(23(30)28-21-12-10-9-11-17(21)2)29(8)24(31)19(4)27-25(32)33-26(5,6)7/h9-15,19,22H,1-8H3,(H,27,32)(H,28,30). The monoisotopic (exact) mass is 453 g/mol. The van der Waals surface area contributed by atoms with Crippen molar-refractivity contribution in [3.63, 3.8) is 0 Å². The molecule has 2 aromatic rings. The molecule has 2 atom stereocenters. The van der Waals surface area contributed by atoms with E-state index in [1.54, 1.807) is 34.7 Å². The van der Waals surface area contributed by atoms with Gasteiger partial charge in [-0.2, -0.15) is 0 Å². The maximum atomic E-state index is 13.4. The number of rotatable bonds is 6. The second-order valence-electron chi connectivity index (χ2n) is 9.37. The molecular formula is C26H35N3O4. The second-order valence-corrected chi connectivity index (χ2v) is 9.37. The number of likely N-dealkylation sites (N-methyl/N-ethyl adjacent to an activating group) is 1. The van der Waals surface area contributed by atoms with Crippen LogP contribution in [0.2, 0.25) is 0 Å². The highest BCUT2D eigenvalue weighted by atomic mass is 16.6. The summed E-state index contributed by atoms with van der Waals surface area (Å²) in [6.45, 7) is 12.7. The molecule has 0 saturated heterocycles. The van der Waals surface area contributed by atoms with Crippen LogP contribution < -0.4 is 10.6 Å². The van der Waals surface area contributed by atoms with Crippen LogP contribution in [-0.4, -0.2) is 41.5 Å². The lowest BCUT2D eigenvalue weighted by Gasteiger charge is -2.31. The molecule has 7 heteroatoms. The van der Waals surface area contributed by atoms with Crippen LogP contribution in [0.1, 0.15) is 56.0 Å². The topological polar surface area (TPSA) is 87.7 Å². The zero-order valence-electron chi connectivity index (χ0n) is 20.8. The molecular weight excluding hydrogens is 418 g/mol. The second kappa shape index (κ2) is 10.5. The zero-order valence-corrected chi connectivity index (χ0v) is 20.8. The average molecular weight is 454 g/mol. The van der Waals surface area contributed by atoms with Gasteiger partial charge in [-0.1, -0.05) is 36.4 Å². The third-order valence-electron chi connectivity index (χ3n) is 5.34. The van der Waals surface area contributed by atoms with Gasteiger partial charge in [-0.15, -0.1) is 0 Å². The zero-order chi connectivity index (χ0) is 24.9. The Hall–Kier alpha value is -3.35. The van der Waals surface area contributed by atoms with E-state index >= 15 is 0 Å². The quantitative estimate of drug-likeness (QED) is 0.666. The van der Waals surface area contributed by atoms with Gasteiger partial charge in [-0.3, -0.25) is 9.59 Å². The maximum Gasteiger partial charge on any atom is 0.408 e. The SMILES string of the molecule is Cc1ccc(C(C(=O)Nc2ccccc2C)N(C)C(=O)C(C)NC(=O)OC(C)(C)C)cc1C. The molecule has 2 rings (SSSR count).